The molecular formula is C10H15N3O4S. The molecule has 8 heteroatoms. The lowest BCUT2D eigenvalue weighted by atomic mass is 10.3. The van der Waals surface area contributed by atoms with E-state index in [-0.39, 0.29) is 25.9 Å². The van der Waals surface area contributed by atoms with Crippen LogP contribution in [-0.4, -0.2) is 45.4 Å². The molecule has 0 aromatic carbocycles. The fourth-order valence-corrected chi connectivity index (χ4v) is 2.11. The maximum Gasteiger partial charge on any atom is 0.305 e. The zero-order valence-electron chi connectivity index (χ0n) is 10.00. The van der Waals surface area contributed by atoms with Crippen molar-refractivity contribution in [2.75, 3.05) is 18.0 Å². The number of carbonyl (C=O) groups is 2. The van der Waals surface area contributed by atoms with Gasteiger partial charge >= 0.3 is 11.9 Å². The van der Waals surface area contributed by atoms with E-state index in [2.05, 4.69) is 10.2 Å². The summed E-state index contributed by atoms with van der Waals surface area (Å²) in [6.45, 7) is 2.42. The highest BCUT2D eigenvalue weighted by molar-refractivity contribution is 7.15. The average Bonchev–Trinajstić information content (AvgIpc) is 2.77. The normalized spacial score (nSPS) is 10.3. The highest BCUT2D eigenvalue weighted by atomic mass is 32.1. The van der Waals surface area contributed by atoms with Crippen molar-refractivity contribution >= 4 is 28.4 Å². The van der Waals surface area contributed by atoms with Gasteiger partial charge in [0.05, 0.1) is 12.8 Å². The molecular weight excluding hydrogens is 258 g/mol. The van der Waals surface area contributed by atoms with Crippen molar-refractivity contribution in [1.82, 2.24) is 10.2 Å². The standard InChI is InChI=1S/C10H15N3O4S/c1-2-7-11-12-10(18-7)13(5-3-8(14)15)6-4-9(16)17/h2-6H2,1H3,(H,14,15)(H,16,17). The molecule has 2 N–H and O–H groups in total. The molecule has 0 spiro atoms. The number of aliphatic carboxylic acids is 2. The number of aromatic nitrogens is 2. The zero-order valence-corrected chi connectivity index (χ0v) is 10.8. The molecule has 1 aromatic heterocycles. The highest BCUT2D eigenvalue weighted by Gasteiger charge is 2.14. The van der Waals surface area contributed by atoms with Crippen molar-refractivity contribution in [2.45, 2.75) is 26.2 Å². The van der Waals surface area contributed by atoms with Crippen LogP contribution in [0.25, 0.3) is 0 Å². The Morgan fingerprint density at radius 2 is 1.72 bits per heavy atom. The molecule has 1 aromatic rings. The number of carboxylic acids is 2. The van der Waals surface area contributed by atoms with Crippen molar-refractivity contribution in [2.24, 2.45) is 0 Å². The van der Waals surface area contributed by atoms with Crippen molar-refractivity contribution in [3.8, 4) is 0 Å². The van der Waals surface area contributed by atoms with E-state index in [9.17, 15) is 9.59 Å². The third kappa shape index (κ3) is 4.66. The predicted octanol–water partition coefficient (Wildman–Crippen LogP) is 0.856. The molecule has 0 aliphatic heterocycles. The molecule has 0 saturated carbocycles. The van der Waals surface area contributed by atoms with Crippen molar-refractivity contribution in [3.63, 3.8) is 0 Å². The third-order valence-electron chi connectivity index (χ3n) is 2.22. The number of hydrogen-bond acceptors (Lipinski definition) is 6. The molecule has 0 unspecified atom stereocenters. The van der Waals surface area contributed by atoms with Crippen LogP contribution in [0.3, 0.4) is 0 Å². The van der Waals surface area contributed by atoms with Crippen LogP contribution in [0, 0.1) is 0 Å². The molecule has 0 amide bonds. The number of carboxylic acid groups (broad SMARTS) is 2. The quantitative estimate of drug-likeness (QED) is 0.723. The van der Waals surface area contributed by atoms with Gasteiger partial charge in [-0.25, -0.2) is 0 Å². The van der Waals surface area contributed by atoms with Crippen LogP contribution in [0.4, 0.5) is 5.13 Å². The Kier molecular flexibility index (Phi) is 5.50. The maximum atomic E-state index is 10.6. The first kappa shape index (κ1) is 14.4. The Bertz CT molecular complexity index is 403. The summed E-state index contributed by atoms with van der Waals surface area (Å²) in [6.07, 6.45) is 0.644. The Hall–Kier alpha value is -1.70. The Balaban J connectivity index is 2.68. The number of rotatable bonds is 8. The summed E-state index contributed by atoms with van der Waals surface area (Å²) in [7, 11) is 0. The largest absolute Gasteiger partial charge is 0.481 e. The predicted molar refractivity (Wildman–Crippen MR) is 66.0 cm³/mol. The first-order chi connectivity index (χ1) is 8.52. The van der Waals surface area contributed by atoms with E-state index < -0.39 is 11.9 Å². The van der Waals surface area contributed by atoms with E-state index in [1.54, 1.807) is 4.90 Å². The minimum atomic E-state index is -0.921. The van der Waals surface area contributed by atoms with Gasteiger partial charge in [0.15, 0.2) is 0 Å². The summed E-state index contributed by atoms with van der Waals surface area (Å²) < 4.78 is 0. The average molecular weight is 273 g/mol. The van der Waals surface area contributed by atoms with Gasteiger partial charge < -0.3 is 15.1 Å². The fraction of sp³-hybridized carbons (Fsp3) is 0.600. The Morgan fingerprint density at radius 1 is 1.17 bits per heavy atom. The van der Waals surface area contributed by atoms with Crippen molar-refractivity contribution in [3.05, 3.63) is 5.01 Å². The molecule has 0 fully saturated rings. The summed E-state index contributed by atoms with van der Waals surface area (Å²) in [5.41, 5.74) is 0. The Labute approximate surface area is 108 Å². The maximum absolute atomic E-state index is 10.6. The molecule has 7 nitrogen and oxygen atoms in total. The van der Waals surface area contributed by atoms with Gasteiger partial charge in [-0.3, -0.25) is 9.59 Å². The van der Waals surface area contributed by atoms with Crippen LogP contribution < -0.4 is 4.90 Å². The highest BCUT2D eigenvalue weighted by Crippen LogP contribution is 2.21. The van der Waals surface area contributed by atoms with Crippen LogP contribution in [0.15, 0.2) is 0 Å². The van der Waals surface area contributed by atoms with Gasteiger partial charge in [0.1, 0.15) is 5.01 Å². The van der Waals surface area contributed by atoms with Crippen LogP contribution in [-0.2, 0) is 16.0 Å². The monoisotopic (exact) mass is 273 g/mol. The molecule has 0 saturated heterocycles. The number of anilines is 1. The van der Waals surface area contributed by atoms with Gasteiger partial charge in [0.2, 0.25) is 5.13 Å². The summed E-state index contributed by atoms with van der Waals surface area (Å²) in [4.78, 5) is 22.8. The molecule has 0 bridgehead atoms. The molecule has 0 aliphatic rings. The van der Waals surface area contributed by atoms with E-state index in [0.29, 0.717) is 5.13 Å². The molecule has 0 aliphatic carbocycles. The van der Waals surface area contributed by atoms with Crippen LogP contribution in [0.2, 0.25) is 0 Å². The SMILES string of the molecule is CCc1nnc(N(CCC(=O)O)CCC(=O)O)s1. The van der Waals surface area contributed by atoms with Gasteiger partial charge in [0, 0.05) is 13.1 Å². The molecule has 1 heterocycles. The topological polar surface area (TPSA) is 104 Å². The zero-order chi connectivity index (χ0) is 13.5. The van der Waals surface area contributed by atoms with Gasteiger partial charge in [-0.15, -0.1) is 10.2 Å². The first-order valence-corrected chi connectivity index (χ1v) is 6.35. The second-order valence-corrected chi connectivity index (χ2v) is 4.65. The van der Waals surface area contributed by atoms with E-state index in [0.717, 1.165) is 11.4 Å². The smallest absolute Gasteiger partial charge is 0.305 e. The van der Waals surface area contributed by atoms with Crippen LogP contribution in [0.5, 0.6) is 0 Å². The Morgan fingerprint density at radius 3 is 2.11 bits per heavy atom. The van der Waals surface area contributed by atoms with Crippen LogP contribution in [0.1, 0.15) is 24.8 Å². The van der Waals surface area contributed by atoms with Crippen molar-refractivity contribution in [1.29, 1.82) is 0 Å². The van der Waals surface area contributed by atoms with Gasteiger partial charge in [-0.05, 0) is 6.42 Å². The summed E-state index contributed by atoms with van der Waals surface area (Å²) in [5.74, 6) is -1.84. The summed E-state index contributed by atoms with van der Waals surface area (Å²) in [5, 5.41) is 26.6. The molecule has 0 radical (unpaired) electrons. The molecule has 0 atom stereocenters. The van der Waals surface area contributed by atoms with E-state index in [1.165, 1.54) is 11.3 Å². The van der Waals surface area contributed by atoms with Crippen LogP contribution >= 0.6 is 11.3 Å². The summed E-state index contributed by atoms with van der Waals surface area (Å²) >= 11 is 1.36. The lowest BCUT2D eigenvalue weighted by Crippen LogP contribution is -2.28. The molecule has 1 rings (SSSR count). The summed E-state index contributed by atoms with van der Waals surface area (Å²) in [6, 6.07) is 0. The second-order valence-electron chi connectivity index (χ2n) is 3.61. The fourth-order valence-electron chi connectivity index (χ4n) is 1.28. The van der Waals surface area contributed by atoms with E-state index in [1.807, 2.05) is 6.92 Å². The molecule has 18 heavy (non-hydrogen) atoms. The third-order valence-corrected chi connectivity index (χ3v) is 3.35. The lowest BCUT2D eigenvalue weighted by Gasteiger charge is -2.19. The van der Waals surface area contributed by atoms with E-state index >= 15 is 0 Å². The first-order valence-electron chi connectivity index (χ1n) is 5.53. The van der Waals surface area contributed by atoms with Gasteiger partial charge in [-0.2, -0.15) is 0 Å². The minimum Gasteiger partial charge on any atom is -0.481 e. The lowest BCUT2D eigenvalue weighted by molar-refractivity contribution is -0.137. The van der Waals surface area contributed by atoms with E-state index in [4.69, 9.17) is 10.2 Å². The second kappa shape index (κ2) is 6.90. The number of hydrogen-bond donors (Lipinski definition) is 2. The number of nitrogens with zero attached hydrogens (tertiary/aromatic N) is 3. The van der Waals surface area contributed by atoms with Gasteiger partial charge in [-0.1, -0.05) is 18.3 Å². The number of aryl methyl sites for hydroxylation is 1. The van der Waals surface area contributed by atoms with Gasteiger partial charge in [0.25, 0.3) is 0 Å². The minimum absolute atomic E-state index is 0.0549. The van der Waals surface area contributed by atoms with Crippen molar-refractivity contribution < 1.29 is 19.8 Å². The molecule has 100 valence electrons.